The van der Waals surface area contributed by atoms with Gasteiger partial charge in [-0.3, -0.25) is 4.79 Å². The van der Waals surface area contributed by atoms with Gasteiger partial charge in [-0.05, 0) is 35.9 Å². The quantitative estimate of drug-likeness (QED) is 0.783. The summed E-state index contributed by atoms with van der Waals surface area (Å²) in [5.74, 6) is -0.0566. The predicted molar refractivity (Wildman–Crippen MR) is 83.8 cm³/mol. The fraction of sp³-hybridized carbons (Fsp3) is 0.353. The molecular formula is C17H21NO3. The van der Waals surface area contributed by atoms with Gasteiger partial charge in [0.15, 0.2) is 0 Å². The van der Waals surface area contributed by atoms with Gasteiger partial charge in [-0.15, -0.1) is 0 Å². The van der Waals surface area contributed by atoms with Crippen molar-refractivity contribution in [3.05, 3.63) is 42.5 Å². The Morgan fingerprint density at radius 2 is 2.00 bits per heavy atom. The highest BCUT2D eigenvalue weighted by molar-refractivity contribution is 5.83. The second-order valence-electron chi connectivity index (χ2n) is 4.99. The second-order valence-corrected chi connectivity index (χ2v) is 4.99. The van der Waals surface area contributed by atoms with E-state index < -0.39 is 12.0 Å². The maximum absolute atomic E-state index is 11.1. The number of hydrogen-bond donors (Lipinski definition) is 2. The largest absolute Gasteiger partial charge is 0.493 e. The lowest BCUT2D eigenvalue weighted by Gasteiger charge is -2.14. The Labute approximate surface area is 124 Å². The van der Waals surface area contributed by atoms with E-state index >= 15 is 0 Å². The fourth-order valence-electron chi connectivity index (χ4n) is 2.18. The summed E-state index contributed by atoms with van der Waals surface area (Å²) in [6.07, 6.45) is 1.36. The normalized spacial score (nSPS) is 12.2. The van der Waals surface area contributed by atoms with Crippen molar-refractivity contribution < 1.29 is 14.6 Å². The smallest absolute Gasteiger partial charge is 0.320 e. The SMILES string of the molecule is CCCNC(CCOc1ccc2ccccc2c1)C(=O)O. The molecule has 2 aromatic rings. The molecule has 0 heterocycles. The molecule has 0 fully saturated rings. The molecule has 0 saturated heterocycles. The van der Waals surface area contributed by atoms with Crippen molar-refractivity contribution in [1.29, 1.82) is 0 Å². The second kappa shape index (κ2) is 7.64. The summed E-state index contributed by atoms with van der Waals surface area (Å²) in [4.78, 5) is 11.1. The molecule has 0 saturated carbocycles. The Morgan fingerprint density at radius 1 is 1.24 bits per heavy atom. The van der Waals surface area contributed by atoms with Crippen LogP contribution in [0.2, 0.25) is 0 Å². The van der Waals surface area contributed by atoms with Crippen LogP contribution in [0, 0.1) is 0 Å². The van der Waals surface area contributed by atoms with E-state index in [9.17, 15) is 4.79 Å². The first-order valence-electron chi connectivity index (χ1n) is 7.28. The lowest BCUT2D eigenvalue weighted by molar-refractivity contribution is -0.139. The van der Waals surface area contributed by atoms with E-state index in [4.69, 9.17) is 9.84 Å². The monoisotopic (exact) mass is 287 g/mol. The van der Waals surface area contributed by atoms with Crippen LogP contribution >= 0.6 is 0 Å². The third-order valence-electron chi connectivity index (χ3n) is 3.34. The molecule has 2 N–H and O–H groups in total. The highest BCUT2D eigenvalue weighted by Crippen LogP contribution is 2.20. The third kappa shape index (κ3) is 4.46. The Balaban J connectivity index is 1.90. The summed E-state index contributed by atoms with van der Waals surface area (Å²) in [6, 6.07) is 13.4. The first-order chi connectivity index (χ1) is 10.2. The van der Waals surface area contributed by atoms with Gasteiger partial charge in [-0.1, -0.05) is 37.3 Å². The molecule has 1 atom stereocenters. The predicted octanol–water partition coefficient (Wildman–Crippen LogP) is 3.06. The van der Waals surface area contributed by atoms with Crippen molar-refractivity contribution in [2.24, 2.45) is 0 Å². The average molecular weight is 287 g/mol. The zero-order valence-electron chi connectivity index (χ0n) is 12.2. The molecule has 0 spiro atoms. The van der Waals surface area contributed by atoms with Crippen LogP contribution in [0.15, 0.2) is 42.5 Å². The number of fused-ring (bicyclic) bond motifs is 1. The first kappa shape index (κ1) is 15.3. The van der Waals surface area contributed by atoms with Gasteiger partial charge >= 0.3 is 5.97 Å². The van der Waals surface area contributed by atoms with Crippen LogP contribution in [0.5, 0.6) is 5.75 Å². The molecule has 112 valence electrons. The van der Waals surface area contributed by atoms with Gasteiger partial charge in [0, 0.05) is 6.42 Å². The third-order valence-corrected chi connectivity index (χ3v) is 3.34. The van der Waals surface area contributed by atoms with E-state index in [1.54, 1.807) is 0 Å². The molecule has 0 aliphatic heterocycles. The minimum absolute atomic E-state index is 0.381. The summed E-state index contributed by atoms with van der Waals surface area (Å²) < 4.78 is 5.67. The number of nitrogens with one attached hydrogen (secondary N) is 1. The summed E-state index contributed by atoms with van der Waals surface area (Å²) >= 11 is 0. The maximum Gasteiger partial charge on any atom is 0.320 e. The Hall–Kier alpha value is -2.07. The number of carbonyl (C=O) groups is 1. The molecule has 4 nitrogen and oxygen atoms in total. The van der Waals surface area contributed by atoms with E-state index in [0.29, 0.717) is 19.6 Å². The van der Waals surface area contributed by atoms with E-state index in [-0.39, 0.29) is 0 Å². The summed E-state index contributed by atoms with van der Waals surface area (Å²) in [6.45, 7) is 3.09. The van der Waals surface area contributed by atoms with Gasteiger partial charge in [0.1, 0.15) is 11.8 Å². The van der Waals surface area contributed by atoms with E-state index in [1.807, 2.05) is 49.4 Å². The summed E-state index contributed by atoms with van der Waals surface area (Å²) in [7, 11) is 0. The van der Waals surface area contributed by atoms with E-state index in [1.165, 1.54) is 0 Å². The van der Waals surface area contributed by atoms with Crippen LogP contribution in [0.4, 0.5) is 0 Å². The van der Waals surface area contributed by atoms with Gasteiger partial charge in [0.25, 0.3) is 0 Å². The van der Waals surface area contributed by atoms with Gasteiger partial charge in [0.2, 0.25) is 0 Å². The molecule has 0 aliphatic carbocycles. The molecule has 2 aromatic carbocycles. The van der Waals surface area contributed by atoms with Crippen molar-refractivity contribution in [1.82, 2.24) is 5.32 Å². The minimum atomic E-state index is -0.828. The zero-order chi connectivity index (χ0) is 15.1. The van der Waals surface area contributed by atoms with Gasteiger partial charge in [-0.2, -0.15) is 0 Å². The number of aliphatic carboxylic acids is 1. The van der Waals surface area contributed by atoms with Gasteiger partial charge in [0.05, 0.1) is 6.61 Å². The lowest BCUT2D eigenvalue weighted by atomic mass is 10.1. The van der Waals surface area contributed by atoms with Crippen molar-refractivity contribution in [2.45, 2.75) is 25.8 Å². The molecular weight excluding hydrogens is 266 g/mol. The Bertz CT molecular complexity index is 597. The maximum atomic E-state index is 11.1. The van der Waals surface area contributed by atoms with Crippen LogP contribution in [0.3, 0.4) is 0 Å². The van der Waals surface area contributed by atoms with Crippen LogP contribution in [-0.4, -0.2) is 30.3 Å². The summed E-state index contributed by atoms with van der Waals surface area (Å²) in [5, 5.41) is 14.4. The molecule has 4 heteroatoms. The van der Waals surface area contributed by atoms with Crippen molar-refractivity contribution in [3.63, 3.8) is 0 Å². The fourth-order valence-corrected chi connectivity index (χ4v) is 2.18. The topological polar surface area (TPSA) is 58.6 Å². The summed E-state index contributed by atoms with van der Waals surface area (Å²) in [5.41, 5.74) is 0. The van der Waals surface area contributed by atoms with Crippen LogP contribution in [-0.2, 0) is 4.79 Å². The van der Waals surface area contributed by atoms with Gasteiger partial charge < -0.3 is 15.2 Å². The first-order valence-corrected chi connectivity index (χ1v) is 7.28. The number of carboxylic acids is 1. The van der Waals surface area contributed by atoms with Crippen molar-refractivity contribution in [3.8, 4) is 5.75 Å². The lowest BCUT2D eigenvalue weighted by Crippen LogP contribution is -2.38. The molecule has 0 amide bonds. The number of rotatable bonds is 8. The minimum Gasteiger partial charge on any atom is -0.493 e. The standard InChI is InChI=1S/C17H21NO3/c1-2-10-18-16(17(19)20)9-11-21-15-8-7-13-5-3-4-6-14(13)12-15/h3-8,12,16,18H,2,9-11H2,1H3,(H,19,20). The average Bonchev–Trinajstić information content (AvgIpc) is 2.50. The molecule has 0 aromatic heterocycles. The highest BCUT2D eigenvalue weighted by Gasteiger charge is 2.15. The number of hydrogen-bond acceptors (Lipinski definition) is 3. The number of benzene rings is 2. The molecule has 0 bridgehead atoms. The van der Waals surface area contributed by atoms with E-state index in [0.717, 1.165) is 22.9 Å². The molecule has 21 heavy (non-hydrogen) atoms. The number of carboxylic acid groups (broad SMARTS) is 1. The molecule has 0 aliphatic rings. The number of ether oxygens (including phenoxy) is 1. The van der Waals surface area contributed by atoms with Gasteiger partial charge in [-0.25, -0.2) is 0 Å². The zero-order valence-corrected chi connectivity index (χ0v) is 12.2. The molecule has 0 radical (unpaired) electrons. The Morgan fingerprint density at radius 3 is 2.71 bits per heavy atom. The van der Waals surface area contributed by atoms with Crippen molar-refractivity contribution >= 4 is 16.7 Å². The van der Waals surface area contributed by atoms with Crippen molar-refractivity contribution in [2.75, 3.05) is 13.2 Å². The van der Waals surface area contributed by atoms with Crippen LogP contribution in [0.25, 0.3) is 10.8 Å². The van der Waals surface area contributed by atoms with Crippen LogP contribution < -0.4 is 10.1 Å². The Kier molecular flexibility index (Phi) is 5.58. The molecule has 1 unspecified atom stereocenters. The highest BCUT2D eigenvalue weighted by atomic mass is 16.5. The van der Waals surface area contributed by atoms with E-state index in [2.05, 4.69) is 5.32 Å². The molecule has 2 rings (SSSR count). The van der Waals surface area contributed by atoms with Crippen LogP contribution in [0.1, 0.15) is 19.8 Å².